The quantitative estimate of drug-likeness (QED) is 0.0203. The first-order chi connectivity index (χ1) is 32.5. The van der Waals surface area contributed by atoms with Crippen molar-refractivity contribution in [2.75, 3.05) is 122 Å². The molecule has 0 fully saturated rings. The first-order valence-electron chi connectivity index (χ1n) is 22.8. The predicted molar refractivity (Wildman–Crippen MR) is 290 cm³/mol. The summed E-state index contributed by atoms with van der Waals surface area (Å²) in [5, 5.41) is 22.2. The summed E-state index contributed by atoms with van der Waals surface area (Å²) in [6.45, 7) is 29.0. The molecule has 0 saturated carbocycles. The Morgan fingerprint density at radius 3 is 1.14 bits per heavy atom. The van der Waals surface area contributed by atoms with Crippen LogP contribution in [-0.2, 0) is 39.4 Å². The van der Waals surface area contributed by atoms with Gasteiger partial charge in [0.1, 0.15) is 0 Å². The number of nitrogens with zero attached hydrogens (tertiary/aromatic N) is 10. The maximum Gasteiger partial charge on any atom is 1.00 e. The largest absolute Gasteiger partial charge is 1.00 e. The van der Waals surface area contributed by atoms with Gasteiger partial charge in [-0.15, -0.1) is 0 Å². The van der Waals surface area contributed by atoms with Crippen molar-refractivity contribution in [1.29, 1.82) is 0 Å². The van der Waals surface area contributed by atoms with Crippen LogP contribution in [0, 0.1) is 4.43 Å². The number of anilines is 8. The molecule has 12 N–H and O–H groups in total. The Hall–Kier alpha value is -2.31. The normalized spacial score (nSPS) is 9.65. The van der Waals surface area contributed by atoms with E-state index in [0.717, 1.165) is 109 Å². The molecular weight excluding hydrogens is 1160 g/mol. The van der Waals surface area contributed by atoms with Crippen LogP contribution in [0.1, 0.15) is 114 Å². The Kier molecular flexibility index (Phi) is 63.8. The standard InChI is InChI=1S/2C12H24N6.C9H16ClN5.C3H6I.C3H9N.Na.2H2O4S.H2O.V/c2*1-5-8-13-10-15-11(14-9-6-2)17-12(16-10)18(4)7-3;1-3-5-11-8-13-7(10)14-9(15-8)12-6-4-2;1-2-3-4;1-3-4-2;;2*1-5(2,3)4;;/h2*5-9H2,1-4H3,(H2,13,14,15,16,17);3-6H2,1-2H3,(H2,11,12,13,14,15);3H,2H2,1H3;4H,3H2,1-2H3;;2*(H2,1,2,3,4);1H2;/q;;;-1;;+1;;;;/p-1. The van der Waals surface area contributed by atoms with Crippen molar-refractivity contribution in [3.63, 3.8) is 0 Å². The number of aromatic amines is 1. The summed E-state index contributed by atoms with van der Waals surface area (Å²) in [5.41, 5.74) is 0. The summed E-state index contributed by atoms with van der Waals surface area (Å²) in [6.07, 6.45) is 7.42. The Balaban J connectivity index is -0.000000148. The van der Waals surface area contributed by atoms with Gasteiger partial charge in [0.25, 0.3) is 0 Å². The van der Waals surface area contributed by atoms with E-state index in [1.807, 2.05) is 26.0 Å². The van der Waals surface area contributed by atoms with Gasteiger partial charge in [-0.3, -0.25) is 23.0 Å². The van der Waals surface area contributed by atoms with Crippen molar-refractivity contribution < 1.29 is 93.6 Å². The number of H-pyrrole nitrogens is 1. The predicted octanol–water partition coefficient (Wildman–Crippen LogP) is 2.93. The molecule has 3 rings (SSSR count). The van der Waals surface area contributed by atoms with Crippen molar-refractivity contribution in [1.82, 2.24) is 45.2 Å². The zero-order chi connectivity index (χ0) is 53.7. The maximum absolute atomic E-state index is 8.74. The third-order valence-corrected chi connectivity index (χ3v) is 8.31. The topological polar surface area (TPSA) is 390 Å². The van der Waals surface area contributed by atoms with Gasteiger partial charge in [-0.25, -0.2) is 13.4 Å². The molecule has 0 aliphatic carbocycles. The first kappa shape index (κ1) is 83.7. The molecule has 27 nitrogen and oxygen atoms in total. The molecule has 0 aliphatic heterocycles. The van der Waals surface area contributed by atoms with Crippen molar-refractivity contribution in [2.24, 2.45) is 0 Å². The summed E-state index contributed by atoms with van der Waals surface area (Å²) in [5.74, 6) is 5.28. The second kappa shape index (κ2) is 54.9. The Labute approximate surface area is 483 Å². The van der Waals surface area contributed by atoms with Crippen LogP contribution in [0.15, 0.2) is 0 Å². The molecule has 0 aromatic carbocycles. The minimum atomic E-state index is -4.92. The molecule has 72 heavy (non-hydrogen) atoms. The molecule has 3 aromatic rings. The van der Waals surface area contributed by atoms with E-state index in [1.54, 1.807) is 0 Å². The van der Waals surface area contributed by atoms with Crippen molar-refractivity contribution in [3.05, 3.63) is 9.71 Å². The Morgan fingerprint density at radius 2 is 0.875 bits per heavy atom. The fraction of sp³-hybridized carbons (Fsp3) is 0.744. The molecule has 1 radical (unpaired) electrons. The number of nitrogens with one attached hydrogen (secondary N) is 8. The number of rotatable bonds is 24. The van der Waals surface area contributed by atoms with Crippen molar-refractivity contribution in [3.8, 4) is 0 Å². The van der Waals surface area contributed by atoms with E-state index in [0.29, 0.717) is 35.7 Å². The van der Waals surface area contributed by atoms with Gasteiger partial charge < -0.3 is 74.7 Å². The SMILES string of the molecule is CCCNc1nc(Cl)nc(NCCC)n1.CCCNc1nc(NCCC)[nH+]c(N(C)CC)n1.CCCNc1nc(NCCC)nc(N(C)CC)n1.CCNC.CC[CH-]I.O=S(=O)(O)O.O=S(=O)([O-])O.[Na+].[OH-].[V]. The van der Waals surface area contributed by atoms with Crippen molar-refractivity contribution in [2.45, 2.75) is 114 Å². The third-order valence-electron chi connectivity index (χ3n) is 7.26. The molecule has 0 aliphatic rings. The van der Waals surface area contributed by atoms with E-state index in [4.69, 9.17) is 46.6 Å². The van der Waals surface area contributed by atoms with Crippen LogP contribution in [-0.4, -0.2) is 160 Å². The molecule has 417 valence electrons. The summed E-state index contributed by atoms with van der Waals surface area (Å²) in [4.78, 5) is 41.4. The number of aromatic nitrogens is 9. The second-order valence-corrected chi connectivity index (χ2v) is 16.6. The van der Waals surface area contributed by atoms with Crippen LogP contribution < -0.4 is 81.6 Å². The molecule has 0 spiro atoms. The first-order valence-corrected chi connectivity index (χ1v) is 27.2. The van der Waals surface area contributed by atoms with Gasteiger partial charge in [0.15, 0.2) is 0 Å². The molecule has 0 unspecified atom stereocenters. The fourth-order valence-corrected chi connectivity index (χ4v) is 3.82. The average Bonchev–Trinajstić information content (AvgIpc) is 3.31. The second-order valence-electron chi connectivity index (χ2n) is 13.6. The average molecular weight is 1250 g/mol. The molecule has 3 heterocycles. The van der Waals surface area contributed by atoms with E-state index in [9.17, 15) is 0 Å². The van der Waals surface area contributed by atoms with Gasteiger partial charge in [-0.05, 0) is 77.6 Å². The number of hydrogen-bond donors (Lipinski definition) is 10. The van der Waals surface area contributed by atoms with E-state index >= 15 is 0 Å². The minimum absolute atomic E-state index is 0. The van der Waals surface area contributed by atoms with Crippen molar-refractivity contribution >= 4 is 103 Å². The summed E-state index contributed by atoms with van der Waals surface area (Å²) in [6, 6.07) is 0. The molecule has 0 atom stereocenters. The Morgan fingerprint density at radius 1 is 0.597 bits per heavy atom. The van der Waals surface area contributed by atoms with E-state index in [-0.39, 0.29) is 58.9 Å². The van der Waals surface area contributed by atoms with Crippen LogP contribution in [0.3, 0.4) is 0 Å². The van der Waals surface area contributed by atoms with Crippen LogP contribution >= 0.6 is 34.2 Å². The van der Waals surface area contributed by atoms with Gasteiger partial charge in [0.2, 0.25) is 45.4 Å². The monoisotopic (exact) mass is 1250 g/mol. The molecule has 0 amide bonds. The number of halogens is 2. The van der Waals surface area contributed by atoms with Crippen LogP contribution in [0.5, 0.6) is 0 Å². The van der Waals surface area contributed by atoms with Gasteiger partial charge in [0, 0.05) is 85.0 Å². The van der Waals surface area contributed by atoms with Gasteiger partial charge in [0.05, 0.1) is 0 Å². The van der Waals surface area contributed by atoms with Gasteiger partial charge in [-0.1, -0.05) is 65.4 Å². The fourth-order valence-electron chi connectivity index (χ4n) is 3.66. The van der Waals surface area contributed by atoms with Gasteiger partial charge in [-0.2, -0.15) is 44.7 Å². The number of hydrogen-bond acceptors (Lipinski definition) is 23. The van der Waals surface area contributed by atoms with Crippen LogP contribution in [0.25, 0.3) is 0 Å². The Bertz CT molecular complexity index is 1720. The minimum Gasteiger partial charge on any atom is -0.870 e. The molecule has 33 heteroatoms. The van der Waals surface area contributed by atoms with E-state index in [1.165, 1.54) is 6.42 Å². The summed E-state index contributed by atoms with van der Waals surface area (Å²) < 4.78 is 66.5. The van der Waals surface area contributed by atoms with Crippen LogP contribution in [0.4, 0.5) is 47.6 Å². The van der Waals surface area contributed by atoms with Crippen LogP contribution in [0.2, 0.25) is 5.28 Å². The zero-order valence-electron chi connectivity index (χ0n) is 44.7. The molecule has 3 aromatic heterocycles. The smallest absolute Gasteiger partial charge is 0.870 e. The summed E-state index contributed by atoms with van der Waals surface area (Å²) >= 11 is 7.99. The molecule has 0 saturated heterocycles. The zero-order valence-corrected chi connectivity index (χ0v) is 52.7. The van der Waals surface area contributed by atoms with Gasteiger partial charge >= 0.3 is 57.8 Å². The maximum atomic E-state index is 8.74. The van der Waals surface area contributed by atoms with E-state index < -0.39 is 20.8 Å². The summed E-state index contributed by atoms with van der Waals surface area (Å²) in [7, 11) is -3.67. The van der Waals surface area contributed by atoms with E-state index in [2.05, 4.69) is 183 Å². The molecular formula is C39H84ClIN18NaO9S2V-. The molecule has 0 bridgehead atoms. The third kappa shape index (κ3) is 58.6.